The Balaban J connectivity index is 2.00. The van der Waals surface area contributed by atoms with Gasteiger partial charge in [0.05, 0.1) is 24.7 Å². The van der Waals surface area contributed by atoms with Crippen molar-refractivity contribution in [2.75, 3.05) is 14.2 Å². The van der Waals surface area contributed by atoms with E-state index in [2.05, 4.69) is 0 Å². The van der Waals surface area contributed by atoms with E-state index in [0.717, 1.165) is 17.7 Å². The van der Waals surface area contributed by atoms with Gasteiger partial charge in [-0.15, -0.1) is 11.3 Å². The molecular weight excluding hydrogens is 272 g/mol. The number of methoxy groups -OCH3 is 2. The normalized spacial score (nSPS) is 13.1. The van der Waals surface area contributed by atoms with Crippen LogP contribution in [0.25, 0.3) is 0 Å². The molecule has 1 aromatic carbocycles. The van der Waals surface area contributed by atoms with E-state index in [9.17, 15) is 4.79 Å². The van der Waals surface area contributed by atoms with Crippen LogP contribution in [0.15, 0.2) is 24.3 Å². The van der Waals surface area contributed by atoms with Crippen LogP contribution in [0.1, 0.15) is 32.1 Å². The summed E-state index contributed by atoms with van der Waals surface area (Å²) in [6.07, 6.45) is 3.40. The van der Waals surface area contributed by atoms with E-state index in [0.29, 0.717) is 17.1 Å². The van der Waals surface area contributed by atoms with Crippen molar-refractivity contribution in [3.8, 4) is 11.5 Å². The first-order chi connectivity index (χ1) is 9.72. The number of ether oxygens (including phenoxy) is 2. The molecule has 0 spiro atoms. The molecule has 0 N–H and O–H groups in total. The van der Waals surface area contributed by atoms with Crippen LogP contribution in [0.4, 0.5) is 0 Å². The molecule has 4 heteroatoms. The van der Waals surface area contributed by atoms with E-state index < -0.39 is 0 Å². The highest BCUT2D eigenvalue weighted by Crippen LogP contribution is 2.34. The lowest BCUT2D eigenvalue weighted by Gasteiger charge is -2.08. The first kappa shape index (κ1) is 13.2. The number of carbonyl (C=O) groups is 1. The van der Waals surface area contributed by atoms with E-state index in [1.807, 2.05) is 6.07 Å². The summed E-state index contributed by atoms with van der Waals surface area (Å²) < 4.78 is 10.5. The SMILES string of the molecule is COc1ccc(OC)c(C(=O)c2cc3c(s2)CCC3)c1. The lowest BCUT2D eigenvalue weighted by Crippen LogP contribution is -2.02. The third-order valence-corrected chi connectivity index (χ3v) is 4.86. The highest BCUT2D eigenvalue weighted by atomic mass is 32.1. The quantitative estimate of drug-likeness (QED) is 0.808. The number of rotatable bonds is 4. The Kier molecular flexibility index (Phi) is 3.49. The average Bonchev–Trinajstić information content (AvgIpc) is 3.07. The van der Waals surface area contributed by atoms with E-state index >= 15 is 0 Å². The van der Waals surface area contributed by atoms with Gasteiger partial charge >= 0.3 is 0 Å². The molecule has 0 radical (unpaired) electrons. The number of aryl methyl sites for hydroxylation is 2. The van der Waals surface area contributed by atoms with Crippen molar-refractivity contribution >= 4 is 17.1 Å². The largest absolute Gasteiger partial charge is 0.497 e. The Morgan fingerprint density at radius 3 is 2.70 bits per heavy atom. The van der Waals surface area contributed by atoms with Crippen LogP contribution >= 0.6 is 11.3 Å². The van der Waals surface area contributed by atoms with Crippen molar-refractivity contribution < 1.29 is 14.3 Å². The van der Waals surface area contributed by atoms with Gasteiger partial charge < -0.3 is 9.47 Å². The summed E-state index contributed by atoms with van der Waals surface area (Å²) in [5.41, 5.74) is 1.90. The number of ketones is 1. The smallest absolute Gasteiger partial charge is 0.206 e. The lowest BCUT2D eigenvalue weighted by molar-refractivity contribution is 0.103. The molecule has 0 unspecified atom stereocenters. The maximum Gasteiger partial charge on any atom is 0.206 e. The fourth-order valence-corrected chi connectivity index (χ4v) is 3.77. The zero-order chi connectivity index (χ0) is 14.1. The summed E-state index contributed by atoms with van der Waals surface area (Å²) in [5.74, 6) is 1.27. The van der Waals surface area contributed by atoms with Gasteiger partial charge in [0.1, 0.15) is 11.5 Å². The van der Waals surface area contributed by atoms with Crippen LogP contribution in [0.5, 0.6) is 11.5 Å². The number of benzene rings is 1. The molecule has 1 aliphatic rings. The Labute approximate surface area is 122 Å². The Morgan fingerprint density at radius 1 is 1.15 bits per heavy atom. The second kappa shape index (κ2) is 5.29. The van der Waals surface area contributed by atoms with Crippen molar-refractivity contribution in [3.63, 3.8) is 0 Å². The van der Waals surface area contributed by atoms with E-state index in [4.69, 9.17) is 9.47 Å². The number of thiophene rings is 1. The Morgan fingerprint density at radius 2 is 2.00 bits per heavy atom. The van der Waals surface area contributed by atoms with Crippen LogP contribution in [0, 0.1) is 0 Å². The number of carbonyl (C=O) groups excluding carboxylic acids is 1. The zero-order valence-corrected chi connectivity index (χ0v) is 12.4. The molecule has 0 saturated carbocycles. The number of hydrogen-bond acceptors (Lipinski definition) is 4. The Bertz CT molecular complexity index is 636. The van der Waals surface area contributed by atoms with Crippen LogP contribution in [-0.2, 0) is 12.8 Å². The molecule has 3 nitrogen and oxygen atoms in total. The third-order valence-electron chi connectivity index (χ3n) is 3.62. The van der Waals surface area contributed by atoms with Crippen LogP contribution in [0.2, 0.25) is 0 Å². The number of fused-ring (bicyclic) bond motifs is 1. The standard InChI is InChI=1S/C16H16O3S/c1-18-11-6-7-13(19-2)12(9-11)16(17)15-8-10-4-3-5-14(10)20-15/h6-9H,3-5H2,1-2H3. The molecule has 0 atom stereocenters. The molecule has 1 aromatic heterocycles. The van der Waals surface area contributed by atoms with E-state index in [-0.39, 0.29) is 5.78 Å². The van der Waals surface area contributed by atoms with Gasteiger partial charge in [0.25, 0.3) is 0 Å². The summed E-state index contributed by atoms with van der Waals surface area (Å²) in [5, 5.41) is 0. The Hall–Kier alpha value is -1.81. The average molecular weight is 288 g/mol. The zero-order valence-electron chi connectivity index (χ0n) is 11.6. The molecule has 0 fully saturated rings. The third kappa shape index (κ3) is 2.20. The maximum atomic E-state index is 12.7. The molecule has 1 aliphatic carbocycles. The fraction of sp³-hybridized carbons (Fsp3) is 0.312. The topological polar surface area (TPSA) is 35.5 Å². The lowest BCUT2D eigenvalue weighted by atomic mass is 10.1. The first-order valence-corrected chi connectivity index (χ1v) is 7.43. The molecule has 0 saturated heterocycles. The molecule has 20 heavy (non-hydrogen) atoms. The van der Waals surface area contributed by atoms with Crippen LogP contribution in [0.3, 0.4) is 0 Å². The van der Waals surface area contributed by atoms with Crippen molar-refractivity contribution in [2.45, 2.75) is 19.3 Å². The van der Waals surface area contributed by atoms with E-state index in [1.54, 1.807) is 43.8 Å². The van der Waals surface area contributed by atoms with Gasteiger partial charge in [0.15, 0.2) is 0 Å². The minimum absolute atomic E-state index is 0.0140. The molecular formula is C16H16O3S. The minimum atomic E-state index is 0.0140. The summed E-state index contributed by atoms with van der Waals surface area (Å²) >= 11 is 1.61. The molecule has 0 amide bonds. The van der Waals surface area contributed by atoms with Crippen LogP contribution in [-0.4, -0.2) is 20.0 Å². The monoisotopic (exact) mass is 288 g/mol. The van der Waals surface area contributed by atoms with Crippen molar-refractivity contribution in [3.05, 3.63) is 45.1 Å². The van der Waals surface area contributed by atoms with E-state index in [1.165, 1.54) is 16.9 Å². The highest BCUT2D eigenvalue weighted by molar-refractivity contribution is 7.14. The molecule has 0 bridgehead atoms. The second-order valence-electron chi connectivity index (χ2n) is 4.81. The van der Waals surface area contributed by atoms with Crippen molar-refractivity contribution in [2.24, 2.45) is 0 Å². The van der Waals surface area contributed by atoms with Crippen molar-refractivity contribution in [1.29, 1.82) is 0 Å². The molecule has 0 aliphatic heterocycles. The van der Waals surface area contributed by atoms with Gasteiger partial charge in [0, 0.05) is 4.88 Å². The summed E-state index contributed by atoms with van der Waals surface area (Å²) in [6, 6.07) is 7.34. The van der Waals surface area contributed by atoms with Gasteiger partial charge in [-0.1, -0.05) is 0 Å². The molecule has 2 aromatic rings. The van der Waals surface area contributed by atoms with Gasteiger partial charge in [-0.25, -0.2) is 0 Å². The van der Waals surface area contributed by atoms with Gasteiger partial charge in [-0.05, 0) is 49.1 Å². The predicted molar refractivity (Wildman–Crippen MR) is 79.3 cm³/mol. The van der Waals surface area contributed by atoms with Gasteiger partial charge in [-0.3, -0.25) is 4.79 Å². The molecule has 3 rings (SSSR count). The molecule has 104 valence electrons. The highest BCUT2D eigenvalue weighted by Gasteiger charge is 2.22. The van der Waals surface area contributed by atoms with Gasteiger partial charge in [-0.2, -0.15) is 0 Å². The minimum Gasteiger partial charge on any atom is -0.497 e. The summed E-state index contributed by atoms with van der Waals surface area (Å²) in [4.78, 5) is 14.8. The number of hydrogen-bond donors (Lipinski definition) is 0. The maximum absolute atomic E-state index is 12.7. The van der Waals surface area contributed by atoms with Crippen LogP contribution < -0.4 is 9.47 Å². The molecule has 1 heterocycles. The van der Waals surface area contributed by atoms with Crippen molar-refractivity contribution in [1.82, 2.24) is 0 Å². The first-order valence-electron chi connectivity index (χ1n) is 6.61. The second-order valence-corrected chi connectivity index (χ2v) is 5.94. The van der Waals surface area contributed by atoms with Gasteiger partial charge in [0.2, 0.25) is 5.78 Å². The predicted octanol–water partition coefficient (Wildman–Crippen LogP) is 3.49. The summed E-state index contributed by atoms with van der Waals surface area (Å²) in [7, 11) is 3.17. The fourth-order valence-electron chi connectivity index (χ4n) is 2.57. The summed E-state index contributed by atoms with van der Waals surface area (Å²) in [6.45, 7) is 0.